The van der Waals surface area contributed by atoms with Crippen LogP contribution in [0.4, 0.5) is 5.13 Å². The van der Waals surface area contributed by atoms with Gasteiger partial charge in [-0.2, -0.15) is 0 Å². The van der Waals surface area contributed by atoms with Gasteiger partial charge in [-0.1, -0.05) is 23.5 Å². The van der Waals surface area contributed by atoms with Gasteiger partial charge in [-0.3, -0.25) is 10.1 Å². The smallest absolute Gasteiger partial charge is 0.250 e. The van der Waals surface area contributed by atoms with Gasteiger partial charge in [0.2, 0.25) is 11.0 Å². The highest BCUT2D eigenvalue weighted by atomic mass is 32.1. The lowest BCUT2D eigenvalue weighted by Gasteiger charge is -2.10. The second-order valence-corrected chi connectivity index (χ2v) is 8.05. The van der Waals surface area contributed by atoms with Crippen molar-refractivity contribution in [3.8, 4) is 22.6 Å². The molecule has 0 saturated heterocycles. The SMILES string of the molecule is COc1cccc(-c2coc3cc(OC)c(/C(C)=C/C(=O)Nc4nnc(C)s4)cc23)c1. The van der Waals surface area contributed by atoms with E-state index in [0.29, 0.717) is 16.5 Å². The Labute approximate surface area is 183 Å². The average Bonchev–Trinajstić information content (AvgIpc) is 3.37. The van der Waals surface area contributed by atoms with E-state index < -0.39 is 0 Å². The van der Waals surface area contributed by atoms with Gasteiger partial charge in [0.05, 0.1) is 20.5 Å². The van der Waals surface area contributed by atoms with Crippen molar-refractivity contribution in [2.45, 2.75) is 13.8 Å². The molecule has 0 radical (unpaired) electrons. The molecular formula is C23H21N3O4S. The number of rotatable bonds is 6. The monoisotopic (exact) mass is 435 g/mol. The number of carbonyl (C=O) groups is 1. The molecule has 2 heterocycles. The molecule has 2 aromatic heterocycles. The molecule has 4 rings (SSSR count). The second-order valence-electron chi connectivity index (χ2n) is 6.87. The van der Waals surface area contributed by atoms with E-state index in [1.807, 2.05) is 50.2 Å². The second kappa shape index (κ2) is 8.61. The summed E-state index contributed by atoms with van der Waals surface area (Å²) in [5.41, 5.74) is 4.14. The quantitative estimate of drug-likeness (QED) is 0.413. The number of fused-ring (bicyclic) bond motifs is 1. The fraction of sp³-hybridized carbons (Fsp3) is 0.174. The Morgan fingerprint density at radius 2 is 2.00 bits per heavy atom. The summed E-state index contributed by atoms with van der Waals surface area (Å²) in [5.74, 6) is 1.10. The van der Waals surface area contributed by atoms with Crippen molar-refractivity contribution >= 4 is 38.9 Å². The molecule has 0 fully saturated rings. The molecule has 0 bridgehead atoms. The Morgan fingerprint density at radius 1 is 1.16 bits per heavy atom. The lowest BCUT2D eigenvalue weighted by atomic mass is 9.99. The first-order chi connectivity index (χ1) is 15.0. The first kappa shape index (κ1) is 20.6. The van der Waals surface area contributed by atoms with Gasteiger partial charge >= 0.3 is 0 Å². The number of anilines is 1. The van der Waals surface area contributed by atoms with Crippen LogP contribution in [0.5, 0.6) is 11.5 Å². The van der Waals surface area contributed by atoms with Crippen molar-refractivity contribution in [2.75, 3.05) is 19.5 Å². The molecule has 1 N–H and O–H groups in total. The van der Waals surface area contributed by atoms with E-state index in [1.165, 1.54) is 17.4 Å². The van der Waals surface area contributed by atoms with Gasteiger partial charge in [-0.25, -0.2) is 0 Å². The topological polar surface area (TPSA) is 86.5 Å². The maximum atomic E-state index is 12.5. The van der Waals surface area contributed by atoms with E-state index in [1.54, 1.807) is 20.5 Å². The highest BCUT2D eigenvalue weighted by Gasteiger charge is 2.15. The summed E-state index contributed by atoms with van der Waals surface area (Å²) in [4.78, 5) is 12.5. The molecule has 0 aliphatic heterocycles. The van der Waals surface area contributed by atoms with Crippen LogP contribution in [0.3, 0.4) is 0 Å². The van der Waals surface area contributed by atoms with Crippen LogP contribution in [0.2, 0.25) is 0 Å². The molecular weight excluding hydrogens is 414 g/mol. The number of aromatic nitrogens is 2. The lowest BCUT2D eigenvalue weighted by molar-refractivity contribution is -0.111. The molecule has 0 aliphatic rings. The van der Waals surface area contributed by atoms with E-state index in [0.717, 1.165) is 38.4 Å². The van der Waals surface area contributed by atoms with Crippen molar-refractivity contribution in [3.63, 3.8) is 0 Å². The third kappa shape index (κ3) is 4.29. The molecule has 0 atom stereocenters. The van der Waals surface area contributed by atoms with Crippen LogP contribution in [-0.2, 0) is 4.79 Å². The van der Waals surface area contributed by atoms with Crippen LogP contribution in [-0.4, -0.2) is 30.3 Å². The van der Waals surface area contributed by atoms with E-state index in [-0.39, 0.29) is 5.91 Å². The fourth-order valence-corrected chi connectivity index (χ4v) is 3.90. The summed E-state index contributed by atoms with van der Waals surface area (Å²) >= 11 is 1.32. The number of ether oxygens (including phenoxy) is 2. The zero-order chi connectivity index (χ0) is 22.0. The van der Waals surface area contributed by atoms with Crippen LogP contribution in [0, 0.1) is 6.92 Å². The molecule has 7 nitrogen and oxygen atoms in total. The maximum Gasteiger partial charge on any atom is 0.250 e. The van der Waals surface area contributed by atoms with Gasteiger partial charge in [0.25, 0.3) is 0 Å². The molecule has 4 aromatic rings. The third-order valence-electron chi connectivity index (χ3n) is 4.80. The van der Waals surface area contributed by atoms with Crippen LogP contribution in [0.25, 0.3) is 27.7 Å². The summed E-state index contributed by atoms with van der Waals surface area (Å²) in [6.07, 6.45) is 3.23. The van der Waals surface area contributed by atoms with Crippen LogP contribution in [0.1, 0.15) is 17.5 Å². The Morgan fingerprint density at radius 3 is 2.71 bits per heavy atom. The van der Waals surface area contributed by atoms with E-state index in [9.17, 15) is 4.79 Å². The van der Waals surface area contributed by atoms with E-state index >= 15 is 0 Å². The third-order valence-corrected chi connectivity index (χ3v) is 5.56. The first-order valence-electron chi connectivity index (χ1n) is 9.52. The van der Waals surface area contributed by atoms with Crippen molar-refractivity contribution < 1.29 is 18.7 Å². The summed E-state index contributed by atoms with van der Waals surface area (Å²) in [6.45, 7) is 3.69. The Balaban J connectivity index is 1.73. The summed E-state index contributed by atoms with van der Waals surface area (Å²) in [5, 5.41) is 12.7. The van der Waals surface area contributed by atoms with Gasteiger partial charge in [0.15, 0.2) is 0 Å². The number of furan rings is 1. The minimum Gasteiger partial charge on any atom is -0.497 e. The van der Waals surface area contributed by atoms with Gasteiger partial charge in [-0.15, -0.1) is 10.2 Å². The number of aryl methyl sites for hydroxylation is 1. The van der Waals surface area contributed by atoms with Gasteiger partial charge < -0.3 is 13.9 Å². The van der Waals surface area contributed by atoms with E-state index in [2.05, 4.69) is 15.5 Å². The Bertz CT molecular complexity index is 1290. The van der Waals surface area contributed by atoms with Gasteiger partial charge in [0, 0.05) is 28.7 Å². The molecule has 2 aromatic carbocycles. The number of benzene rings is 2. The predicted octanol–water partition coefficient (Wildman–Crippen LogP) is 5.32. The fourth-order valence-electron chi connectivity index (χ4n) is 3.31. The number of nitrogens with zero attached hydrogens (tertiary/aromatic N) is 2. The number of amides is 1. The zero-order valence-corrected chi connectivity index (χ0v) is 18.4. The number of nitrogens with one attached hydrogen (secondary N) is 1. The van der Waals surface area contributed by atoms with Crippen molar-refractivity contribution in [2.24, 2.45) is 0 Å². The van der Waals surface area contributed by atoms with Crippen LogP contribution >= 0.6 is 11.3 Å². The first-order valence-corrected chi connectivity index (χ1v) is 10.3. The van der Waals surface area contributed by atoms with Gasteiger partial charge in [0.1, 0.15) is 22.1 Å². The minimum absolute atomic E-state index is 0.281. The van der Waals surface area contributed by atoms with E-state index in [4.69, 9.17) is 13.9 Å². The van der Waals surface area contributed by atoms with Crippen molar-refractivity contribution in [1.82, 2.24) is 10.2 Å². The molecule has 0 unspecified atom stereocenters. The van der Waals surface area contributed by atoms with Crippen molar-refractivity contribution in [1.29, 1.82) is 0 Å². The largest absolute Gasteiger partial charge is 0.497 e. The number of allylic oxidation sites excluding steroid dienone is 1. The number of hydrogen-bond donors (Lipinski definition) is 1. The average molecular weight is 436 g/mol. The highest BCUT2D eigenvalue weighted by Crippen LogP contribution is 2.38. The molecule has 0 saturated carbocycles. The predicted molar refractivity (Wildman–Crippen MR) is 122 cm³/mol. The summed E-state index contributed by atoms with van der Waals surface area (Å²) in [6, 6.07) is 11.6. The Kier molecular flexibility index (Phi) is 5.73. The standard InChI is InChI=1S/C23H21N3O4S/c1-13(8-22(27)24-23-26-25-14(2)31-23)17-10-18-19(12-30-21(18)11-20(17)29-4)15-6-5-7-16(9-15)28-3/h5-12H,1-4H3,(H,24,26,27)/b13-8+. The zero-order valence-electron chi connectivity index (χ0n) is 17.6. The lowest BCUT2D eigenvalue weighted by Crippen LogP contribution is -2.08. The molecule has 8 heteroatoms. The highest BCUT2D eigenvalue weighted by molar-refractivity contribution is 7.15. The van der Waals surface area contributed by atoms with Gasteiger partial charge in [-0.05, 0) is 43.2 Å². The maximum absolute atomic E-state index is 12.5. The molecule has 1 amide bonds. The molecule has 31 heavy (non-hydrogen) atoms. The number of methoxy groups -OCH3 is 2. The molecule has 0 spiro atoms. The number of carbonyl (C=O) groups excluding carboxylic acids is 1. The summed E-state index contributed by atoms with van der Waals surface area (Å²) in [7, 11) is 3.23. The summed E-state index contributed by atoms with van der Waals surface area (Å²) < 4.78 is 16.7. The van der Waals surface area contributed by atoms with Crippen LogP contribution < -0.4 is 14.8 Å². The Hall–Kier alpha value is -3.65. The normalized spacial score (nSPS) is 11.5. The van der Waals surface area contributed by atoms with Crippen LogP contribution in [0.15, 0.2) is 53.2 Å². The van der Waals surface area contributed by atoms with Crippen molar-refractivity contribution in [3.05, 3.63) is 59.3 Å². The minimum atomic E-state index is -0.281. The molecule has 158 valence electrons. The number of hydrogen-bond acceptors (Lipinski definition) is 7. The molecule has 0 aliphatic carbocycles.